The van der Waals surface area contributed by atoms with Gasteiger partial charge in [0.2, 0.25) is 5.91 Å². The molecule has 0 spiro atoms. The lowest BCUT2D eigenvalue weighted by molar-refractivity contribution is -0.149. The fourth-order valence-electron chi connectivity index (χ4n) is 3.01. The van der Waals surface area contributed by atoms with E-state index in [4.69, 9.17) is 9.84 Å². The van der Waals surface area contributed by atoms with Crippen LogP contribution in [0.1, 0.15) is 25.7 Å². The number of ether oxygens (including phenoxy) is 1. The largest absolute Gasteiger partial charge is 0.481 e. The molecule has 5 nitrogen and oxygen atoms in total. The Labute approximate surface area is 113 Å². The van der Waals surface area contributed by atoms with Gasteiger partial charge in [0.15, 0.2) is 0 Å². The molecule has 106 valence electrons. The second kappa shape index (κ2) is 6.19. The normalized spacial score (nSPS) is 27.2. The van der Waals surface area contributed by atoms with E-state index in [1.54, 1.807) is 12.0 Å². The number of carboxylic acid groups (broad SMARTS) is 1. The van der Waals surface area contributed by atoms with Crippen LogP contribution in [0.5, 0.6) is 0 Å². The van der Waals surface area contributed by atoms with E-state index in [0.29, 0.717) is 32.5 Å². The minimum absolute atomic E-state index is 0.0117. The number of carbonyl (C=O) groups is 2. The molecule has 0 aromatic heterocycles. The van der Waals surface area contributed by atoms with E-state index >= 15 is 0 Å². The van der Waals surface area contributed by atoms with Gasteiger partial charge in [-0.15, -0.1) is 0 Å². The van der Waals surface area contributed by atoms with Gasteiger partial charge in [0.05, 0.1) is 18.4 Å². The molecular formula is C14H21NO4. The molecule has 1 aliphatic carbocycles. The molecule has 1 heterocycles. The van der Waals surface area contributed by atoms with Crippen LogP contribution >= 0.6 is 0 Å². The third-order valence-electron chi connectivity index (χ3n) is 4.09. The zero-order chi connectivity index (χ0) is 13.8. The zero-order valence-corrected chi connectivity index (χ0v) is 11.3. The first-order valence-electron chi connectivity index (χ1n) is 6.82. The van der Waals surface area contributed by atoms with E-state index in [-0.39, 0.29) is 11.8 Å². The molecule has 1 N–H and O–H groups in total. The summed E-state index contributed by atoms with van der Waals surface area (Å²) in [7, 11) is 1.66. The second-order valence-electron chi connectivity index (χ2n) is 5.31. The van der Waals surface area contributed by atoms with Crippen LogP contribution in [0.3, 0.4) is 0 Å². The summed E-state index contributed by atoms with van der Waals surface area (Å²) in [6, 6.07) is 0. The van der Waals surface area contributed by atoms with Crippen molar-refractivity contribution >= 4 is 11.9 Å². The second-order valence-corrected chi connectivity index (χ2v) is 5.31. The van der Waals surface area contributed by atoms with Gasteiger partial charge < -0.3 is 14.7 Å². The topological polar surface area (TPSA) is 66.8 Å². The van der Waals surface area contributed by atoms with Crippen LogP contribution in [0.2, 0.25) is 0 Å². The first kappa shape index (κ1) is 14.1. The molecule has 2 rings (SSSR count). The standard InChI is InChI=1S/C14H21NO4/c1-19-9-10-5-7-15(8-6-10)13(16)11-3-2-4-12(11)14(17)18/h5,11-12H,2-4,6-9H2,1H3,(H,17,18)/t11-,12+/m1/s1. The summed E-state index contributed by atoms with van der Waals surface area (Å²) in [5.74, 6) is -1.63. The maximum atomic E-state index is 12.4. The number of methoxy groups -OCH3 is 1. The lowest BCUT2D eigenvalue weighted by Gasteiger charge is -2.29. The van der Waals surface area contributed by atoms with Gasteiger partial charge in [-0.25, -0.2) is 0 Å². The molecule has 1 fully saturated rings. The van der Waals surface area contributed by atoms with E-state index in [9.17, 15) is 9.59 Å². The van der Waals surface area contributed by atoms with E-state index in [0.717, 1.165) is 12.8 Å². The third-order valence-corrected chi connectivity index (χ3v) is 4.09. The summed E-state index contributed by atoms with van der Waals surface area (Å²) >= 11 is 0. The van der Waals surface area contributed by atoms with E-state index < -0.39 is 11.9 Å². The van der Waals surface area contributed by atoms with Gasteiger partial charge in [0, 0.05) is 20.2 Å². The van der Waals surface area contributed by atoms with Crippen molar-refractivity contribution in [3.63, 3.8) is 0 Å². The highest BCUT2D eigenvalue weighted by Gasteiger charge is 2.39. The van der Waals surface area contributed by atoms with Crippen molar-refractivity contribution in [3.05, 3.63) is 11.6 Å². The number of hydrogen-bond acceptors (Lipinski definition) is 3. The highest BCUT2D eigenvalue weighted by molar-refractivity contribution is 5.85. The monoisotopic (exact) mass is 267 g/mol. The molecule has 0 aromatic rings. The molecule has 0 aromatic carbocycles. The van der Waals surface area contributed by atoms with Crippen molar-refractivity contribution in [2.75, 3.05) is 26.8 Å². The Morgan fingerprint density at radius 2 is 2.16 bits per heavy atom. The van der Waals surface area contributed by atoms with E-state index in [2.05, 4.69) is 0 Å². The van der Waals surface area contributed by atoms with Crippen LogP contribution in [-0.4, -0.2) is 48.7 Å². The van der Waals surface area contributed by atoms with E-state index in [1.165, 1.54) is 5.57 Å². The Morgan fingerprint density at radius 3 is 2.74 bits per heavy atom. The van der Waals surface area contributed by atoms with Crippen molar-refractivity contribution in [1.29, 1.82) is 0 Å². The smallest absolute Gasteiger partial charge is 0.307 e. The van der Waals surface area contributed by atoms with Gasteiger partial charge in [-0.1, -0.05) is 12.5 Å². The minimum atomic E-state index is -0.830. The Balaban J connectivity index is 1.96. The summed E-state index contributed by atoms with van der Waals surface area (Å²) in [5.41, 5.74) is 1.22. The Bertz CT molecular complexity index is 391. The highest BCUT2D eigenvalue weighted by atomic mass is 16.5. The number of amides is 1. The SMILES string of the molecule is COCC1=CCN(C(=O)[C@@H]2CCC[C@@H]2C(=O)O)CC1. The summed E-state index contributed by atoms with van der Waals surface area (Å²) in [6.45, 7) is 1.88. The molecule has 0 saturated heterocycles. The van der Waals surface area contributed by atoms with Crippen LogP contribution in [-0.2, 0) is 14.3 Å². The molecule has 1 aliphatic heterocycles. The van der Waals surface area contributed by atoms with Crippen LogP contribution < -0.4 is 0 Å². The highest BCUT2D eigenvalue weighted by Crippen LogP contribution is 2.33. The van der Waals surface area contributed by atoms with Crippen LogP contribution in [0.25, 0.3) is 0 Å². The number of hydrogen-bond donors (Lipinski definition) is 1. The average Bonchev–Trinajstić information content (AvgIpc) is 2.88. The van der Waals surface area contributed by atoms with Gasteiger partial charge in [-0.2, -0.15) is 0 Å². The molecule has 1 saturated carbocycles. The summed E-state index contributed by atoms with van der Waals surface area (Å²) in [5, 5.41) is 9.14. The molecule has 2 aliphatic rings. The third kappa shape index (κ3) is 3.15. The van der Waals surface area contributed by atoms with Gasteiger partial charge in [-0.3, -0.25) is 9.59 Å². The number of carbonyl (C=O) groups excluding carboxylic acids is 1. The van der Waals surface area contributed by atoms with E-state index in [1.807, 2.05) is 6.08 Å². The van der Waals surface area contributed by atoms with Crippen LogP contribution in [0.15, 0.2) is 11.6 Å². The summed E-state index contributed by atoms with van der Waals surface area (Å²) < 4.78 is 5.08. The molecule has 0 bridgehead atoms. The van der Waals surface area contributed by atoms with Crippen molar-refractivity contribution in [2.45, 2.75) is 25.7 Å². The Hall–Kier alpha value is -1.36. The summed E-state index contributed by atoms with van der Waals surface area (Å²) in [6.07, 6.45) is 5.02. The molecule has 1 amide bonds. The fraction of sp³-hybridized carbons (Fsp3) is 0.714. The Morgan fingerprint density at radius 1 is 1.42 bits per heavy atom. The zero-order valence-electron chi connectivity index (χ0n) is 11.3. The number of carboxylic acids is 1. The average molecular weight is 267 g/mol. The lowest BCUT2D eigenvalue weighted by Crippen LogP contribution is -2.41. The number of aliphatic carboxylic acids is 1. The van der Waals surface area contributed by atoms with Crippen molar-refractivity contribution < 1.29 is 19.4 Å². The van der Waals surface area contributed by atoms with Crippen molar-refractivity contribution in [1.82, 2.24) is 4.90 Å². The molecule has 0 unspecified atom stereocenters. The van der Waals surface area contributed by atoms with Gasteiger partial charge in [0.25, 0.3) is 0 Å². The quantitative estimate of drug-likeness (QED) is 0.779. The predicted molar refractivity (Wildman–Crippen MR) is 69.6 cm³/mol. The first-order valence-corrected chi connectivity index (χ1v) is 6.82. The number of rotatable bonds is 4. The molecule has 0 radical (unpaired) electrons. The lowest BCUT2D eigenvalue weighted by atomic mass is 9.94. The maximum Gasteiger partial charge on any atom is 0.307 e. The maximum absolute atomic E-state index is 12.4. The van der Waals surface area contributed by atoms with Gasteiger partial charge >= 0.3 is 5.97 Å². The van der Waals surface area contributed by atoms with Crippen molar-refractivity contribution in [2.24, 2.45) is 11.8 Å². The number of nitrogens with zero attached hydrogens (tertiary/aromatic N) is 1. The van der Waals surface area contributed by atoms with Crippen LogP contribution in [0, 0.1) is 11.8 Å². The fourth-order valence-corrected chi connectivity index (χ4v) is 3.01. The van der Waals surface area contributed by atoms with Crippen molar-refractivity contribution in [3.8, 4) is 0 Å². The summed E-state index contributed by atoms with van der Waals surface area (Å²) in [4.78, 5) is 25.3. The first-order chi connectivity index (χ1) is 9.13. The molecule has 5 heteroatoms. The van der Waals surface area contributed by atoms with Gasteiger partial charge in [-0.05, 0) is 24.8 Å². The van der Waals surface area contributed by atoms with Gasteiger partial charge in [0.1, 0.15) is 0 Å². The molecule has 19 heavy (non-hydrogen) atoms. The predicted octanol–water partition coefficient (Wildman–Crippen LogP) is 1.29. The molecular weight excluding hydrogens is 246 g/mol. The Kier molecular flexibility index (Phi) is 4.58. The molecule has 2 atom stereocenters. The van der Waals surface area contributed by atoms with Crippen LogP contribution in [0.4, 0.5) is 0 Å². The minimum Gasteiger partial charge on any atom is -0.481 e.